The molecule has 0 spiro atoms. The van der Waals surface area contributed by atoms with Crippen LogP contribution < -0.4 is 10.0 Å². The van der Waals surface area contributed by atoms with Crippen molar-refractivity contribution in [3.63, 3.8) is 0 Å². The first-order valence-corrected chi connectivity index (χ1v) is 9.57. The average Bonchev–Trinajstić information content (AvgIpc) is 2.52. The Bertz CT molecular complexity index is 858. The molecule has 0 saturated carbocycles. The van der Waals surface area contributed by atoms with E-state index in [0.717, 1.165) is 11.6 Å². The first kappa shape index (κ1) is 19.2. The molecule has 2 rings (SSSR count). The summed E-state index contributed by atoms with van der Waals surface area (Å²) in [4.78, 5) is 12.1. The number of benzene rings is 2. The van der Waals surface area contributed by atoms with Crippen molar-refractivity contribution in [2.45, 2.75) is 13.5 Å². The minimum atomic E-state index is -3.79. The van der Waals surface area contributed by atoms with Gasteiger partial charge in [-0.2, -0.15) is 0 Å². The Morgan fingerprint density at radius 1 is 1.20 bits per heavy atom. The van der Waals surface area contributed by atoms with Crippen molar-refractivity contribution < 1.29 is 17.6 Å². The molecule has 8 heteroatoms. The highest BCUT2D eigenvalue weighted by atomic mass is 35.5. The van der Waals surface area contributed by atoms with Gasteiger partial charge in [-0.25, -0.2) is 12.8 Å². The van der Waals surface area contributed by atoms with Crippen LogP contribution in [-0.2, 0) is 21.4 Å². The molecule has 2 aromatic rings. The number of halogens is 2. The van der Waals surface area contributed by atoms with Crippen LogP contribution in [0.15, 0.2) is 48.5 Å². The molecule has 1 unspecified atom stereocenters. The summed E-state index contributed by atoms with van der Waals surface area (Å²) in [5.41, 5.74) is 0.856. The van der Waals surface area contributed by atoms with E-state index >= 15 is 0 Å². The van der Waals surface area contributed by atoms with Crippen LogP contribution in [0.5, 0.6) is 0 Å². The Morgan fingerprint density at radius 2 is 1.92 bits per heavy atom. The number of rotatable bonds is 7. The molecule has 1 atom stereocenters. The molecule has 0 aliphatic rings. The quantitative estimate of drug-likeness (QED) is 0.769. The number of anilines is 1. The van der Waals surface area contributed by atoms with E-state index in [2.05, 4.69) is 10.0 Å². The highest BCUT2D eigenvalue weighted by Crippen LogP contribution is 2.15. The maximum atomic E-state index is 13.1. The van der Waals surface area contributed by atoms with Crippen LogP contribution in [0.25, 0.3) is 0 Å². The lowest BCUT2D eigenvalue weighted by Crippen LogP contribution is -2.34. The molecule has 0 aromatic heterocycles. The lowest BCUT2D eigenvalue weighted by molar-refractivity contribution is -0.124. The standard InChI is InChI=1S/C17H18ClFN2O3S/c1-12(17(22)20-10-13-5-2-3-8-16(13)18)11-25(23,24)21-15-7-4-6-14(19)9-15/h2-9,12,21H,10-11H2,1H3,(H,20,22). The first-order chi connectivity index (χ1) is 11.8. The number of nitrogens with one attached hydrogen (secondary N) is 2. The van der Waals surface area contributed by atoms with Crippen molar-refractivity contribution in [1.82, 2.24) is 5.32 Å². The third-order valence-electron chi connectivity index (χ3n) is 3.43. The molecule has 25 heavy (non-hydrogen) atoms. The minimum absolute atomic E-state index is 0.115. The molecule has 5 nitrogen and oxygen atoms in total. The second kappa shape index (κ2) is 8.31. The summed E-state index contributed by atoms with van der Waals surface area (Å²) in [5.74, 6) is -2.17. The van der Waals surface area contributed by atoms with E-state index in [4.69, 9.17) is 11.6 Å². The zero-order valence-corrected chi connectivity index (χ0v) is 15.1. The molecule has 0 radical (unpaired) electrons. The van der Waals surface area contributed by atoms with Crippen LogP contribution in [0.1, 0.15) is 12.5 Å². The summed E-state index contributed by atoms with van der Waals surface area (Å²) < 4.78 is 39.6. The van der Waals surface area contributed by atoms with E-state index in [0.29, 0.717) is 5.02 Å². The number of sulfonamides is 1. The Hall–Kier alpha value is -2.12. The summed E-state index contributed by atoms with van der Waals surface area (Å²) in [6.07, 6.45) is 0. The van der Waals surface area contributed by atoms with Gasteiger partial charge in [-0.05, 0) is 29.8 Å². The van der Waals surface area contributed by atoms with Crippen LogP contribution in [0, 0.1) is 11.7 Å². The zero-order valence-electron chi connectivity index (χ0n) is 13.5. The normalized spacial score (nSPS) is 12.4. The van der Waals surface area contributed by atoms with Crippen molar-refractivity contribution >= 4 is 33.2 Å². The van der Waals surface area contributed by atoms with Crippen molar-refractivity contribution in [2.75, 3.05) is 10.5 Å². The summed E-state index contributed by atoms with van der Waals surface area (Å²) >= 11 is 6.01. The number of carbonyl (C=O) groups excluding carboxylic acids is 1. The first-order valence-electron chi connectivity index (χ1n) is 7.54. The predicted octanol–water partition coefficient (Wildman–Crippen LogP) is 3.17. The van der Waals surface area contributed by atoms with Gasteiger partial charge in [0.05, 0.1) is 17.4 Å². The highest BCUT2D eigenvalue weighted by Gasteiger charge is 2.21. The third kappa shape index (κ3) is 6.03. The zero-order chi connectivity index (χ0) is 18.4. The van der Waals surface area contributed by atoms with Crippen molar-refractivity contribution in [2.24, 2.45) is 5.92 Å². The fourth-order valence-corrected chi connectivity index (χ4v) is 3.76. The number of hydrogen-bond donors (Lipinski definition) is 2. The van der Waals surface area contributed by atoms with Gasteiger partial charge in [0, 0.05) is 11.6 Å². The molecule has 0 heterocycles. The molecule has 134 valence electrons. The molecular weight excluding hydrogens is 367 g/mol. The lowest BCUT2D eigenvalue weighted by Gasteiger charge is -2.14. The molecule has 0 saturated heterocycles. The molecular formula is C17H18ClFN2O3S. The van der Waals surface area contributed by atoms with Gasteiger partial charge in [-0.3, -0.25) is 9.52 Å². The lowest BCUT2D eigenvalue weighted by atomic mass is 10.2. The van der Waals surface area contributed by atoms with Crippen LogP contribution in [0.3, 0.4) is 0 Å². The van der Waals surface area contributed by atoms with E-state index in [9.17, 15) is 17.6 Å². The van der Waals surface area contributed by atoms with E-state index < -0.39 is 33.4 Å². The van der Waals surface area contributed by atoms with Gasteiger partial charge in [0.2, 0.25) is 15.9 Å². The van der Waals surface area contributed by atoms with Crippen molar-refractivity contribution in [3.8, 4) is 0 Å². The molecule has 2 aromatic carbocycles. The summed E-state index contributed by atoms with van der Waals surface area (Å²) in [7, 11) is -3.79. The SMILES string of the molecule is CC(CS(=O)(=O)Nc1cccc(F)c1)C(=O)NCc1ccccc1Cl. The number of hydrogen-bond acceptors (Lipinski definition) is 3. The molecule has 0 aliphatic carbocycles. The van der Waals surface area contributed by atoms with Gasteiger partial charge in [0.15, 0.2) is 0 Å². The number of amides is 1. The average molecular weight is 385 g/mol. The van der Waals surface area contributed by atoms with Gasteiger partial charge in [0.25, 0.3) is 0 Å². The monoisotopic (exact) mass is 384 g/mol. The Morgan fingerprint density at radius 3 is 2.60 bits per heavy atom. The molecule has 2 N–H and O–H groups in total. The van der Waals surface area contributed by atoms with Gasteiger partial charge in [-0.15, -0.1) is 0 Å². The van der Waals surface area contributed by atoms with E-state index in [1.54, 1.807) is 24.3 Å². The predicted molar refractivity (Wildman–Crippen MR) is 96.3 cm³/mol. The Labute approximate surface area is 151 Å². The van der Waals surface area contributed by atoms with Gasteiger partial charge in [0.1, 0.15) is 5.82 Å². The Balaban J connectivity index is 1.92. The molecule has 0 bridgehead atoms. The van der Waals surface area contributed by atoms with Gasteiger partial charge in [-0.1, -0.05) is 42.8 Å². The van der Waals surface area contributed by atoms with Gasteiger partial charge >= 0.3 is 0 Å². The third-order valence-corrected chi connectivity index (χ3v) is 5.28. The topological polar surface area (TPSA) is 75.3 Å². The summed E-state index contributed by atoms with van der Waals surface area (Å²) in [6, 6.07) is 12.2. The van der Waals surface area contributed by atoms with Crippen LogP contribution in [-0.4, -0.2) is 20.1 Å². The molecule has 0 fully saturated rings. The maximum absolute atomic E-state index is 13.1. The van der Waals surface area contributed by atoms with Crippen molar-refractivity contribution in [1.29, 1.82) is 0 Å². The van der Waals surface area contributed by atoms with E-state index in [-0.39, 0.29) is 12.2 Å². The number of carbonyl (C=O) groups is 1. The highest BCUT2D eigenvalue weighted by molar-refractivity contribution is 7.92. The molecule has 0 aliphatic heterocycles. The molecule has 1 amide bonds. The summed E-state index contributed by atoms with van der Waals surface area (Å²) in [6.45, 7) is 1.72. The van der Waals surface area contributed by atoms with Crippen molar-refractivity contribution in [3.05, 3.63) is 64.9 Å². The largest absolute Gasteiger partial charge is 0.352 e. The maximum Gasteiger partial charge on any atom is 0.233 e. The minimum Gasteiger partial charge on any atom is -0.352 e. The van der Waals surface area contributed by atoms with E-state index in [1.807, 2.05) is 0 Å². The van der Waals surface area contributed by atoms with Crippen LogP contribution in [0.4, 0.5) is 10.1 Å². The van der Waals surface area contributed by atoms with Gasteiger partial charge < -0.3 is 5.32 Å². The second-order valence-electron chi connectivity index (χ2n) is 5.60. The van der Waals surface area contributed by atoms with E-state index in [1.165, 1.54) is 25.1 Å². The Kier molecular flexibility index (Phi) is 6.39. The van der Waals surface area contributed by atoms with Crippen LogP contribution in [0.2, 0.25) is 5.02 Å². The second-order valence-corrected chi connectivity index (χ2v) is 7.78. The fourth-order valence-electron chi connectivity index (χ4n) is 2.18. The fraction of sp³-hybridized carbons (Fsp3) is 0.235. The summed E-state index contributed by atoms with van der Waals surface area (Å²) in [5, 5.41) is 3.18. The smallest absolute Gasteiger partial charge is 0.233 e. The van der Waals surface area contributed by atoms with Crippen LogP contribution >= 0.6 is 11.6 Å².